The van der Waals surface area contributed by atoms with Crippen molar-refractivity contribution in [2.24, 2.45) is 0 Å². The van der Waals surface area contributed by atoms with E-state index >= 15 is 0 Å². The summed E-state index contributed by atoms with van der Waals surface area (Å²) in [4.78, 5) is 16.4. The predicted molar refractivity (Wildman–Crippen MR) is 69.4 cm³/mol. The molecular weight excluding hydrogens is 242 g/mol. The van der Waals surface area contributed by atoms with Crippen LogP contribution in [0.1, 0.15) is 25.6 Å². The van der Waals surface area contributed by atoms with E-state index in [1.807, 2.05) is 37.3 Å². The average molecular weight is 257 g/mol. The fourth-order valence-electron chi connectivity index (χ4n) is 2.12. The van der Waals surface area contributed by atoms with Gasteiger partial charge in [0.25, 0.3) is 0 Å². The topological polar surface area (TPSA) is 67.9 Å². The number of benzene rings is 1. The monoisotopic (exact) mass is 257 g/mol. The number of nitrogens with zero attached hydrogens (tertiary/aromatic N) is 2. The first-order valence-electron chi connectivity index (χ1n) is 6.42. The van der Waals surface area contributed by atoms with Crippen LogP contribution in [0.5, 0.6) is 0 Å². The Bertz CT molecular complexity index is 588. The van der Waals surface area contributed by atoms with Gasteiger partial charge in [-0.3, -0.25) is 9.89 Å². The van der Waals surface area contributed by atoms with E-state index in [0.717, 1.165) is 18.4 Å². The lowest BCUT2D eigenvalue weighted by Gasteiger charge is -2.09. The summed E-state index contributed by atoms with van der Waals surface area (Å²) < 4.78 is 5.11. The number of hydrogen-bond donors (Lipinski definition) is 1. The van der Waals surface area contributed by atoms with Gasteiger partial charge in [0.2, 0.25) is 0 Å². The number of hydrogen-bond acceptors (Lipinski definition) is 4. The molecule has 2 aromatic rings. The molecule has 0 amide bonds. The highest BCUT2D eigenvalue weighted by Crippen LogP contribution is 2.47. The molecule has 0 unspecified atom stereocenters. The van der Waals surface area contributed by atoms with Crippen LogP contribution in [0.2, 0.25) is 0 Å². The van der Waals surface area contributed by atoms with E-state index in [1.165, 1.54) is 0 Å². The molecule has 1 aliphatic carbocycles. The third-order valence-corrected chi connectivity index (χ3v) is 3.39. The molecule has 98 valence electrons. The predicted octanol–water partition coefficient (Wildman–Crippen LogP) is 2.07. The van der Waals surface area contributed by atoms with Crippen molar-refractivity contribution in [1.82, 2.24) is 15.2 Å². The van der Waals surface area contributed by atoms with E-state index in [-0.39, 0.29) is 5.97 Å². The zero-order chi connectivity index (χ0) is 13.3. The van der Waals surface area contributed by atoms with Crippen LogP contribution >= 0.6 is 0 Å². The minimum atomic E-state index is -0.587. The van der Waals surface area contributed by atoms with Gasteiger partial charge in [-0.15, -0.1) is 0 Å². The van der Waals surface area contributed by atoms with Crippen LogP contribution in [-0.4, -0.2) is 27.8 Å². The molecule has 1 aromatic carbocycles. The van der Waals surface area contributed by atoms with Crippen LogP contribution < -0.4 is 0 Å². The van der Waals surface area contributed by atoms with Crippen molar-refractivity contribution in [3.8, 4) is 11.4 Å². The van der Waals surface area contributed by atoms with E-state index < -0.39 is 5.41 Å². The third kappa shape index (κ3) is 2.01. The van der Waals surface area contributed by atoms with Crippen LogP contribution in [0, 0.1) is 0 Å². The first-order chi connectivity index (χ1) is 9.26. The number of rotatable bonds is 4. The molecule has 1 saturated carbocycles. The second kappa shape index (κ2) is 4.50. The molecule has 0 spiro atoms. The van der Waals surface area contributed by atoms with Crippen LogP contribution in [0.4, 0.5) is 0 Å². The highest BCUT2D eigenvalue weighted by Gasteiger charge is 2.55. The lowest BCUT2D eigenvalue weighted by molar-refractivity contribution is -0.146. The third-order valence-electron chi connectivity index (χ3n) is 3.39. The summed E-state index contributed by atoms with van der Waals surface area (Å²) in [6.07, 6.45) is 1.55. The maximum absolute atomic E-state index is 12.0. The van der Waals surface area contributed by atoms with E-state index in [2.05, 4.69) is 15.2 Å². The van der Waals surface area contributed by atoms with E-state index in [9.17, 15) is 4.79 Å². The Kier molecular flexibility index (Phi) is 2.81. The van der Waals surface area contributed by atoms with Crippen molar-refractivity contribution < 1.29 is 9.53 Å². The van der Waals surface area contributed by atoms with Crippen molar-refractivity contribution in [2.45, 2.75) is 25.2 Å². The molecule has 1 aromatic heterocycles. The van der Waals surface area contributed by atoms with Crippen LogP contribution in [0.25, 0.3) is 11.4 Å². The lowest BCUT2D eigenvalue weighted by Crippen LogP contribution is -2.24. The molecule has 1 fully saturated rings. The molecule has 5 heteroatoms. The van der Waals surface area contributed by atoms with Crippen molar-refractivity contribution in [1.29, 1.82) is 0 Å². The molecule has 0 radical (unpaired) electrons. The van der Waals surface area contributed by atoms with Crippen molar-refractivity contribution in [3.63, 3.8) is 0 Å². The summed E-state index contributed by atoms with van der Waals surface area (Å²) >= 11 is 0. The molecule has 19 heavy (non-hydrogen) atoms. The van der Waals surface area contributed by atoms with Gasteiger partial charge in [0, 0.05) is 5.56 Å². The molecule has 1 N–H and O–H groups in total. The Morgan fingerprint density at radius 1 is 1.37 bits per heavy atom. The van der Waals surface area contributed by atoms with Gasteiger partial charge in [-0.1, -0.05) is 30.3 Å². The summed E-state index contributed by atoms with van der Waals surface area (Å²) in [5, 5.41) is 7.08. The molecule has 0 saturated heterocycles. The van der Waals surface area contributed by atoms with Gasteiger partial charge in [0.05, 0.1) is 6.61 Å². The normalized spacial score (nSPS) is 16.1. The molecule has 1 heterocycles. The van der Waals surface area contributed by atoms with Gasteiger partial charge in [-0.2, -0.15) is 5.10 Å². The van der Waals surface area contributed by atoms with Crippen molar-refractivity contribution in [3.05, 3.63) is 36.2 Å². The highest BCUT2D eigenvalue weighted by molar-refractivity contribution is 5.85. The Morgan fingerprint density at radius 2 is 2.11 bits per heavy atom. The van der Waals surface area contributed by atoms with E-state index in [1.54, 1.807) is 0 Å². The second-order valence-electron chi connectivity index (χ2n) is 4.68. The average Bonchev–Trinajstić information content (AvgIpc) is 3.11. The second-order valence-corrected chi connectivity index (χ2v) is 4.68. The van der Waals surface area contributed by atoms with Gasteiger partial charge >= 0.3 is 5.97 Å². The minimum absolute atomic E-state index is 0.203. The summed E-state index contributed by atoms with van der Waals surface area (Å²) in [7, 11) is 0. The number of carbonyl (C=O) groups is 1. The molecule has 0 atom stereocenters. The number of carbonyl (C=O) groups excluding carboxylic acids is 1. The number of aromatic nitrogens is 3. The Balaban J connectivity index is 1.88. The SMILES string of the molecule is CCOC(=O)C1(c2nc(-c3ccccc3)n[nH]2)CC1. The van der Waals surface area contributed by atoms with Gasteiger partial charge in [-0.05, 0) is 19.8 Å². The van der Waals surface area contributed by atoms with Gasteiger partial charge in [0.1, 0.15) is 11.2 Å². The van der Waals surface area contributed by atoms with Gasteiger partial charge in [0.15, 0.2) is 5.82 Å². The molecular formula is C14H15N3O2. The zero-order valence-corrected chi connectivity index (χ0v) is 10.7. The number of ether oxygens (including phenoxy) is 1. The van der Waals surface area contributed by atoms with Crippen LogP contribution in [0.3, 0.4) is 0 Å². The number of H-pyrrole nitrogens is 1. The Labute approximate surface area is 111 Å². The molecule has 0 bridgehead atoms. The lowest BCUT2D eigenvalue weighted by atomic mass is 10.1. The van der Waals surface area contributed by atoms with E-state index in [4.69, 9.17) is 4.74 Å². The van der Waals surface area contributed by atoms with Crippen LogP contribution in [-0.2, 0) is 14.9 Å². The number of esters is 1. The summed E-state index contributed by atoms with van der Waals surface area (Å²) in [5.41, 5.74) is 0.348. The van der Waals surface area contributed by atoms with Crippen molar-refractivity contribution in [2.75, 3.05) is 6.61 Å². The standard InChI is InChI=1S/C14H15N3O2/c1-2-19-13(18)14(8-9-14)12-15-11(16-17-12)10-6-4-3-5-7-10/h3-7H,2,8-9H2,1H3,(H,15,16,17). The van der Waals surface area contributed by atoms with Gasteiger partial charge in [-0.25, -0.2) is 4.98 Å². The van der Waals surface area contributed by atoms with Gasteiger partial charge < -0.3 is 4.74 Å². The summed E-state index contributed by atoms with van der Waals surface area (Å²) in [6.45, 7) is 2.20. The van der Waals surface area contributed by atoms with Crippen LogP contribution in [0.15, 0.2) is 30.3 Å². The zero-order valence-electron chi connectivity index (χ0n) is 10.7. The first-order valence-corrected chi connectivity index (χ1v) is 6.42. The number of aromatic amines is 1. The summed E-state index contributed by atoms with van der Waals surface area (Å²) in [5.74, 6) is 1.03. The number of nitrogens with one attached hydrogen (secondary N) is 1. The Hall–Kier alpha value is -2.17. The maximum Gasteiger partial charge on any atom is 0.319 e. The highest BCUT2D eigenvalue weighted by atomic mass is 16.5. The fourth-order valence-corrected chi connectivity index (χ4v) is 2.12. The van der Waals surface area contributed by atoms with E-state index in [0.29, 0.717) is 18.3 Å². The largest absolute Gasteiger partial charge is 0.465 e. The molecule has 3 rings (SSSR count). The maximum atomic E-state index is 12.0. The van der Waals surface area contributed by atoms with Crippen molar-refractivity contribution >= 4 is 5.97 Å². The Morgan fingerprint density at radius 3 is 2.74 bits per heavy atom. The quantitative estimate of drug-likeness (QED) is 0.851. The minimum Gasteiger partial charge on any atom is -0.465 e. The molecule has 0 aliphatic heterocycles. The summed E-state index contributed by atoms with van der Waals surface area (Å²) in [6, 6.07) is 9.69. The first kappa shape index (κ1) is 11.9. The smallest absolute Gasteiger partial charge is 0.319 e. The molecule has 1 aliphatic rings. The fraction of sp³-hybridized carbons (Fsp3) is 0.357. The molecule has 5 nitrogen and oxygen atoms in total.